The number of nitrogens with zero attached hydrogens (tertiary/aromatic N) is 2. The van der Waals surface area contributed by atoms with Crippen molar-refractivity contribution in [1.29, 1.82) is 0 Å². The molecule has 0 saturated carbocycles. The normalized spacial score (nSPS) is 10.2. The monoisotopic (exact) mass is 233 g/mol. The van der Waals surface area contributed by atoms with Crippen molar-refractivity contribution < 1.29 is 9.18 Å². The summed E-state index contributed by atoms with van der Waals surface area (Å²) in [5.41, 5.74) is 1.32. The van der Waals surface area contributed by atoms with Gasteiger partial charge < -0.3 is 5.32 Å². The van der Waals surface area contributed by atoms with Crippen LogP contribution in [0.2, 0.25) is 0 Å². The molecule has 1 heterocycles. The molecule has 0 bridgehead atoms. The van der Waals surface area contributed by atoms with Crippen molar-refractivity contribution in [1.82, 2.24) is 14.9 Å². The lowest BCUT2D eigenvalue weighted by Gasteiger charge is -2.06. The number of carbonyl (C=O) groups excluding carboxylic acids is 1. The lowest BCUT2D eigenvalue weighted by molar-refractivity contribution is 0.242. The van der Waals surface area contributed by atoms with Crippen LogP contribution in [0.5, 0.6) is 0 Å². The molecule has 2 aromatic rings. The first-order valence-corrected chi connectivity index (χ1v) is 5.18. The molecule has 2 rings (SSSR count). The zero-order valence-electron chi connectivity index (χ0n) is 9.35. The van der Waals surface area contributed by atoms with E-state index in [1.165, 1.54) is 29.4 Å². The fourth-order valence-electron chi connectivity index (χ4n) is 1.44. The van der Waals surface area contributed by atoms with Crippen LogP contribution in [0, 0.1) is 12.7 Å². The Morgan fingerprint density at radius 1 is 1.53 bits per heavy atom. The third-order valence-corrected chi connectivity index (χ3v) is 2.38. The van der Waals surface area contributed by atoms with E-state index in [4.69, 9.17) is 0 Å². The molecule has 88 valence electrons. The minimum Gasteiger partial charge on any atom is -0.333 e. The Kier molecular flexibility index (Phi) is 3.18. The molecule has 1 N–H and O–H groups in total. The van der Waals surface area contributed by atoms with Crippen LogP contribution in [-0.2, 0) is 6.54 Å². The number of amides is 1. The summed E-state index contributed by atoms with van der Waals surface area (Å²) in [7, 11) is 0. The van der Waals surface area contributed by atoms with Crippen LogP contribution in [-0.4, -0.2) is 15.6 Å². The lowest BCUT2D eigenvalue weighted by atomic mass is 10.1. The van der Waals surface area contributed by atoms with Crippen LogP contribution < -0.4 is 5.32 Å². The molecule has 0 aliphatic rings. The fourth-order valence-corrected chi connectivity index (χ4v) is 1.44. The van der Waals surface area contributed by atoms with Gasteiger partial charge in [-0.15, -0.1) is 0 Å². The summed E-state index contributed by atoms with van der Waals surface area (Å²) in [5.74, 6) is -0.309. The van der Waals surface area contributed by atoms with Crippen molar-refractivity contribution in [2.45, 2.75) is 13.5 Å². The van der Waals surface area contributed by atoms with Crippen molar-refractivity contribution in [3.63, 3.8) is 0 Å². The third-order valence-electron chi connectivity index (χ3n) is 2.38. The Hall–Kier alpha value is -2.17. The average Bonchev–Trinajstić information content (AvgIpc) is 2.81. The van der Waals surface area contributed by atoms with Crippen molar-refractivity contribution in [3.05, 3.63) is 53.9 Å². The average molecular weight is 233 g/mol. The molecule has 0 aliphatic heterocycles. The van der Waals surface area contributed by atoms with Gasteiger partial charge in [0, 0.05) is 24.5 Å². The molecule has 1 aromatic heterocycles. The zero-order chi connectivity index (χ0) is 12.3. The van der Waals surface area contributed by atoms with Gasteiger partial charge in [0.15, 0.2) is 0 Å². The predicted molar refractivity (Wildman–Crippen MR) is 61.0 cm³/mol. The number of halogens is 1. The Labute approximate surface area is 98.1 Å². The molecule has 5 heteroatoms. The Morgan fingerprint density at radius 3 is 3.00 bits per heavy atom. The van der Waals surface area contributed by atoms with E-state index in [0.717, 1.165) is 5.56 Å². The van der Waals surface area contributed by atoms with Crippen LogP contribution in [0.1, 0.15) is 11.1 Å². The number of aryl methyl sites for hydroxylation is 1. The standard InChI is InChI=1S/C12H12FN3O/c1-9-2-3-10(11(13)6-9)7-15-12(17)16-5-4-14-8-16/h2-6,8H,7H2,1H3,(H,15,17). The number of hydrogen-bond acceptors (Lipinski definition) is 2. The first-order valence-electron chi connectivity index (χ1n) is 5.18. The highest BCUT2D eigenvalue weighted by molar-refractivity contribution is 5.76. The van der Waals surface area contributed by atoms with Gasteiger partial charge in [-0.1, -0.05) is 12.1 Å². The van der Waals surface area contributed by atoms with E-state index in [9.17, 15) is 9.18 Å². The molecule has 0 fully saturated rings. The van der Waals surface area contributed by atoms with Gasteiger partial charge in [0.2, 0.25) is 0 Å². The van der Waals surface area contributed by atoms with E-state index in [1.807, 2.05) is 13.0 Å². The van der Waals surface area contributed by atoms with Gasteiger partial charge in [0.05, 0.1) is 0 Å². The second-order valence-electron chi connectivity index (χ2n) is 3.72. The molecule has 0 atom stereocenters. The molecule has 0 aliphatic carbocycles. The molecule has 4 nitrogen and oxygen atoms in total. The summed E-state index contributed by atoms with van der Waals surface area (Å²) >= 11 is 0. The topological polar surface area (TPSA) is 46.9 Å². The number of rotatable bonds is 2. The van der Waals surface area contributed by atoms with E-state index in [0.29, 0.717) is 5.56 Å². The quantitative estimate of drug-likeness (QED) is 0.863. The molecule has 1 aromatic carbocycles. The number of imidazole rings is 1. The number of aromatic nitrogens is 2. The highest BCUT2D eigenvalue weighted by Crippen LogP contribution is 2.09. The molecule has 1 amide bonds. The van der Waals surface area contributed by atoms with Crippen molar-refractivity contribution in [2.24, 2.45) is 0 Å². The van der Waals surface area contributed by atoms with Crippen molar-refractivity contribution >= 4 is 6.03 Å². The van der Waals surface area contributed by atoms with Crippen molar-refractivity contribution in [3.8, 4) is 0 Å². The van der Waals surface area contributed by atoms with Gasteiger partial charge in [0.25, 0.3) is 0 Å². The predicted octanol–water partition coefficient (Wildman–Crippen LogP) is 2.09. The highest BCUT2D eigenvalue weighted by atomic mass is 19.1. The van der Waals surface area contributed by atoms with Gasteiger partial charge in [-0.05, 0) is 18.6 Å². The minimum absolute atomic E-state index is 0.156. The maximum Gasteiger partial charge on any atom is 0.327 e. The first-order chi connectivity index (χ1) is 8.16. The van der Waals surface area contributed by atoms with Crippen LogP contribution in [0.3, 0.4) is 0 Å². The summed E-state index contributed by atoms with van der Waals surface area (Å²) in [6.45, 7) is 1.97. The number of benzene rings is 1. The van der Waals surface area contributed by atoms with Gasteiger partial charge in [-0.3, -0.25) is 4.57 Å². The molecule has 0 radical (unpaired) electrons. The Bertz CT molecular complexity index is 523. The largest absolute Gasteiger partial charge is 0.333 e. The lowest BCUT2D eigenvalue weighted by Crippen LogP contribution is -2.27. The van der Waals surface area contributed by atoms with Crippen LogP contribution >= 0.6 is 0 Å². The summed E-state index contributed by atoms with van der Waals surface area (Å²) in [6.07, 6.45) is 4.42. The Balaban J connectivity index is 2.01. The van der Waals surface area contributed by atoms with Gasteiger partial charge in [-0.2, -0.15) is 0 Å². The molecular formula is C12H12FN3O. The SMILES string of the molecule is Cc1ccc(CNC(=O)n2ccnc2)c(F)c1. The number of hydrogen-bond donors (Lipinski definition) is 1. The van der Waals surface area contributed by atoms with Crippen LogP contribution in [0.25, 0.3) is 0 Å². The summed E-state index contributed by atoms with van der Waals surface area (Å²) < 4.78 is 14.8. The van der Waals surface area contributed by atoms with Gasteiger partial charge in [-0.25, -0.2) is 14.2 Å². The zero-order valence-corrected chi connectivity index (χ0v) is 9.35. The number of nitrogens with one attached hydrogen (secondary N) is 1. The van der Waals surface area contributed by atoms with Crippen molar-refractivity contribution in [2.75, 3.05) is 0 Å². The smallest absolute Gasteiger partial charge is 0.327 e. The van der Waals surface area contributed by atoms with E-state index in [1.54, 1.807) is 6.07 Å². The second kappa shape index (κ2) is 4.78. The maximum absolute atomic E-state index is 13.5. The summed E-state index contributed by atoms with van der Waals surface area (Å²) in [5, 5.41) is 2.61. The molecule has 17 heavy (non-hydrogen) atoms. The third kappa shape index (κ3) is 2.69. The van der Waals surface area contributed by atoms with E-state index < -0.39 is 0 Å². The van der Waals surface area contributed by atoms with Crippen LogP contribution in [0.4, 0.5) is 9.18 Å². The molecule has 0 saturated heterocycles. The highest BCUT2D eigenvalue weighted by Gasteiger charge is 2.06. The minimum atomic E-state index is -0.331. The molecular weight excluding hydrogens is 221 g/mol. The number of carbonyl (C=O) groups is 1. The molecule has 0 spiro atoms. The summed E-state index contributed by atoms with van der Waals surface area (Å²) in [6, 6.07) is 4.58. The summed E-state index contributed by atoms with van der Waals surface area (Å²) in [4.78, 5) is 15.3. The Morgan fingerprint density at radius 2 is 2.35 bits per heavy atom. The maximum atomic E-state index is 13.5. The molecule has 0 unspecified atom stereocenters. The van der Waals surface area contributed by atoms with Gasteiger partial charge in [0.1, 0.15) is 12.1 Å². The fraction of sp³-hybridized carbons (Fsp3) is 0.167. The van der Waals surface area contributed by atoms with Crippen LogP contribution in [0.15, 0.2) is 36.9 Å². The van der Waals surface area contributed by atoms with E-state index in [-0.39, 0.29) is 18.4 Å². The van der Waals surface area contributed by atoms with Gasteiger partial charge >= 0.3 is 6.03 Å². The van der Waals surface area contributed by atoms with E-state index >= 15 is 0 Å². The van der Waals surface area contributed by atoms with E-state index in [2.05, 4.69) is 10.3 Å². The second-order valence-corrected chi connectivity index (χ2v) is 3.72. The first kappa shape index (κ1) is 11.3.